The molecule has 2 aromatic rings. The Hall–Kier alpha value is -1.76. The second kappa shape index (κ2) is 7.88. The van der Waals surface area contributed by atoms with Crippen LogP contribution in [0.5, 0.6) is 0 Å². The monoisotopic (exact) mass is 372 g/mol. The lowest BCUT2D eigenvalue weighted by Crippen LogP contribution is -2.20. The maximum atomic E-state index is 11.8. The first kappa shape index (κ1) is 18.6. The van der Waals surface area contributed by atoms with Gasteiger partial charge in [0.15, 0.2) is 0 Å². The van der Waals surface area contributed by atoms with E-state index in [0.29, 0.717) is 39.7 Å². The van der Waals surface area contributed by atoms with Gasteiger partial charge in [0.25, 0.3) is 0 Å². The Morgan fingerprint density at radius 3 is 2.62 bits per heavy atom. The van der Waals surface area contributed by atoms with Crippen molar-refractivity contribution in [1.29, 1.82) is 0 Å². The Morgan fingerprint density at radius 2 is 2.00 bits per heavy atom. The average Bonchev–Trinajstić information content (AvgIpc) is 2.83. The topological polar surface area (TPSA) is 82.6 Å². The van der Waals surface area contributed by atoms with Crippen LogP contribution in [0.25, 0.3) is 10.9 Å². The fourth-order valence-electron chi connectivity index (χ4n) is 2.39. The van der Waals surface area contributed by atoms with Crippen LogP contribution in [0.4, 0.5) is 0 Å². The summed E-state index contributed by atoms with van der Waals surface area (Å²) in [6.07, 6.45) is 0.281. The first-order chi connectivity index (χ1) is 11.3. The molecule has 0 atom stereocenters. The van der Waals surface area contributed by atoms with E-state index >= 15 is 0 Å². The number of likely N-dealkylation sites (N-methyl/N-ethyl adjacent to an activating group) is 1. The summed E-state index contributed by atoms with van der Waals surface area (Å²) in [6.45, 7) is 0.922. The van der Waals surface area contributed by atoms with E-state index in [1.807, 2.05) is 19.0 Å². The third kappa shape index (κ3) is 4.41. The number of aromatic amines is 1. The first-order valence-electron chi connectivity index (χ1n) is 7.33. The van der Waals surface area contributed by atoms with Crippen LogP contribution in [0.2, 0.25) is 10.0 Å². The van der Waals surface area contributed by atoms with E-state index in [1.165, 1.54) is 0 Å². The van der Waals surface area contributed by atoms with Crippen LogP contribution in [0.3, 0.4) is 0 Å². The van der Waals surface area contributed by atoms with Gasteiger partial charge in [0.05, 0.1) is 5.02 Å². The van der Waals surface area contributed by atoms with Crippen molar-refractivity contribution < 1.29 is 19.4 Å². The number of carboxylic acid groups (broad SMARTS) is 1. The van der Waals surface area contributed by atoms with Crippen molar-refractivity contribution in [1.82, 2.24) is 9.88 Å². The molecular formula is C16H18Cl2N2O4. The standard InChI is InChI=1S/C16H18Cl2N2O4/c1-20(2)5-6-24-13(21)4-3-10-14-11(18)7-9(17)8-12(14)19-15(10)16(22)23/h7-8,19H,3-6H2,1-2H3,(H,22,23). The zero-order chi connectivity index (χ0) is 17.9. The van der Waals surface area contributed by atoms with Gasteiger partial charge in [-0.15, -0.1) is 0 Å². The molecule has 24 heavy (non-hydrogen) atoms. The molecule has 8 heteroatoms. The van der Waals surface area contributed by atoms with E-state index < -0.39 is 5.97 Å². The van der Waals surface area contributed by atoms with Crippen LogP contribution in [-0.2, 0) is 16.0 Å². The number of carbonyl (C=O) groups excluding carboxylic acids is 1. The van der Waals surface area contributed by atoms with Crippen LogP contribution in [0.15, 0.2) is 12.1 Å². The summed E-state index contributed by atoms with van der Waals surface area (Å²) in [7, 11) is 3.76. The highest BCUT2D eigenvalue weighted by Crippen LogP contribution is 2.33. The van der Waals surface area contributed by atoms with Crippen molar-refractivity contribution in [2.24, 2.45) is 0 Å². The molecule has 1 heterocycles. The number of rotatable bonds is 7. The minimum absolute atomic E-state index is 0.00950. The predicted molar refractivity (Wildman–Crippen MR) is 93.1 cm³/mol. The van der Waals surface area contributed by atoms with Gasteiger partial charge < -0.3 is 19.7 Å². The largest absolute Gasteiger partial charge is 0.477 e. The first-order valence-corrected chi connectivity index (χ1v) is 8.08. The predicted octanol–water partition coefficient (Wildman–Crippen LogP) is 3.21. The molecule has 2 rings (SSSR count). The molecule has 0 spiro atoms. The van der Waals surface area contributed by atoms with Gasteiger partial charge in [-0.3, -0.25) is 4.79 Å². The maximum Gasteiger partial charge on any atom is 0.352 e. The summed E-state index contributed by atoms with van der Waals surface area (Å²) in [5.41, 5.74) is 1.01. The fourth-order valence-corrected chi connectivity index (χ4v) is 3.00. The molecule has 2 N–H and O–H groups in total. The maximum absolute atomic E-state index is 11.8. The number of fused-ring (bicyclic) bond motifs is 1. The normalized spacial score (nSPS) is 11.2. The number of halogens is 2. The number of hydrogen-bond acceptors (Lipinski definition) is 4. The van der Waals surface area contributed by atoms with Crippen molar-refractivity contribution in [3.63, 3.8) is 0 Å². The Kier molecular flexibility index (Phi) is 6.10. The lowest BCUT2D eigenvalue weighted by Gasteiger charge is -2.10. The molecular weight excluding hydrogens is 355 g/mol. The molecule has 0 aliphatic carbocycles. The zero-order valence-corrected chi connectivity index (χ0v) is 14.9. The van der Waals surface area contributed by atoms with Crippen LogP contribution in [0.1, 0.15) is 22.5 Å². The number of H-pyrrole nitrogens is 1. The molecule has 0 radical (unpaired) electrons. The molecule has 0 amide bonds. The van der Waals surface area contributed by atoms with Crippen LogP contribution < -0.4 is 0 Å². The lowest BCUT2D eigenvalue weighted by molar-refractivity contribution is -0.143. The molecule has 0 unspecified atom stereocenters. The number of aromatic nitrogens is 1. The number of carbonyl (C=O) groups is 2. The van der Waals surface area contributed by atoms with Crippen molar-refractivity contribution in [3.05, 3.63) is 33.4 Å². The van der Waals surface area contributed by atoms with Crippen molar-refractivity contribution in [2.45, 2.75) is 12.8 Å². The Labute approximate surface area is 149 Å². The quantitative estimate of drug-likeness (QED) is 0.729. The number of hydrogen-bond donors (Lipinski definition) is 2. The number of aryl methyl sites for hydroxylation is 1. The van der Waals surface area contributed by atoms with Crippen LogP contribution >= 0.6 is 23.2 Å². The molecule has 0 fully saturated rings. The van der Waals surface area contributed by atoms with Gasteiger partial charge in [-0.1, -0.05) is 23.2 Å². The summed E-state index contributed by atoms with van der Waals surface area (Å²) in [5.74, 6) is -1.50. The van der Waals surface area contributed by atoms with Gasteiger partial charge in [0.1, 0.15) is 12.3 Å². The summed E-state index contributed by atoms with van der Waals surface area (Å²) in [5, 5.41) is 10.7. The van der Waals surface area contributed by atoms with Crippen LogP contribution in [-0.4, -0.2) is 54.2 Å². The Balaban J connectivity index is 2.20. The van der Waals surface area contributed by atoms with Crippen molar-refractivity contribution in [2.75, 3.05) is 27.2 Å². The highest BCUT2D eigenvalue weighted by Gasteiger charge is 2.20. The van der Waals surface area contributed by atoms with Crippen molar-refractivity contribution >= 4 is 46.0 Å². The van der Waals surface area contributed by atoms with Gasteiger partial charge in [-0.2, -0.15) is 0 Å². The molecule has 1 aromatic heterocycles. The van der Waals surface area contributed by atoms with E-state index in [-0.39, 0.29) is 24.5 Å². The minimum atomic E-state index is -1.12. The number of nitrogens with one attached hydrogen (secondary N) is 1. The fraction of sp³-hybridized carbons (Fsp3) is 0.375. The molecule has 1 aromatic carbocycles. The summed E-state index contributed by atoms with van der Waals surface area (Å²) < 4.78 is 5.12. The molecule has 6 nitrogen and oxygen atoms in total. The third-order valence-electron chi connectivity index (χ3n) is 3.51. The minimum Gasteiger partial charge on any atom is -0.477 e. The second-order valence-electron chi connectivity index (χ2n) is 5.62. The van der Waals surface area contributed by atoms with Crippen molar-refractivity contribution in [3.8, 4) is 0 Å². The highest BCUT2D eigenvalue weighted by molar-refractivity contribution is 6.39. The summed E-state index contributed by atoms with van der Waals surface area (Å²) in [4.78, 5) is 28.0. The summed E-state index contributed by atoms with van der Waals surface area (Å²) >= 11 is 12.1. The van der Waals surface area contributed by atoms with E-state index in [2.05, 4.69) is 4.98 Å². The smallest absolute Gasteiger partial charge is 0.352 e. The number of nitrogens with zero attached hydrogens (tertiary/aromatic N) is 1. The van der Waals surface area contributed by atoms with E-state index in [4.69, 9.17) is 27.9 Å². The number of benzene rings is 1. The van der Waals surface area contributed by atoms with Gasteiger partial charge in [-0.25, -0.2) is 4.79 Å². The number of aromatic carboxylic acids is 1. The zero-order valence-electron chi connectivity index (χ0n) is 13.4. The second-order valence-corrected chi connectivity index (χ2v) is 6.46. The SMILES string of the molecule is CN(C)CCOC(=O)CCc1c(C(=O)O)[nH]c2cc(Cl)cc(Cl)c12. The van der Waals surface area contributed by atoms with E-state index in [9.17, 15) is 14.7 Å². The average molecular weight is 373 g/mol. The number of ether oxygens (including phenoxy) is 1. The van der Waals surface area contributed by atoms with E-state index in [0.717, 1.165) is 0 Å². The number of esters is 1. The van der Waals surface area contributed by atoms with Gasteiger partial charge in [0.2, 0.25) is 0 Å². The Bertz CT molecular complexity index is 771. The van der Waals surface area contributed by atoms with Gasteiger partial charge >= 0.3 is 11.9 Å². The van der Waals surface area contributed by atoms with Crippen LogP contribution in [0, 0.1) is 0 Å². The Morgan fingerprint density at radius 1 is 1.29 bits per heavy atom. The summed E-state index contributed by atoms with van der Waals surface area (Å²) in [6, 6.07) is 3.15. The van der Waals surface area contributed by atoms with E-state index in [1.54, 1.807) is 12.1 Å². The number of carboxylic acids is 1. The molecule has 0 bridgehead atoms. The van der Waals surface area contributed by atoms with Gasteiger partial charge in [-0.05, 0) is 38.2 Å². The van der Waals surface area contributed by atoms with Gasteiger partial charge in [0, 0.05) is 28.9 Å². The molecule has 0 saturated carbocycles. The molecule has 130 valence electrons. The molecule has 0 saturated heterocycles. The molecule has 0 aliphatic rings. The highest BCUT2D eigenvalue weighted by atomic mass is 35.5. The third-order valence-corrected chi connectivity index (χ3v) is 4.03. The molecule has 0 aliphatic heterocycles. The lowest BCUT2D eigenvalue weighted by atomic mass is 10.1.